The van der Waals surface area contributed by atoms with Crippen LogP contribution in [0.15, 0.2) is 0 Å². The van der Waals surface area contributed by atoms with E-state index >= 15 is 0 Å². The summed E-state index contributed by atoms with van der Waals surface area (Å²) in [6, 6.07) is 0.133. The van der Waals surface area contributed by atoms with Gasteiger partial charge in [-0.15, -0.1) is 0 Å². The van der Waals surface area contributed by atoms with E-state index in [0.29, 0.717) is 25.8 Å². The highest BCUT2D eigenvalue weighted by atomic mass is 16.6. The van der Waals surface area contributed by atoms with E-state index in [2.05, 4.69) is 5.32 Å². The molecule has 0 aliphatic carbocycles. The number of esters is 2. The van der Waals surface area contributed by atoms with Gasteiger partial charge in [0.25, 0.3) is 0 Å². The molecular weight excluding hydrogens is 348 g/mol. The molecule has 1 fully saturated rings. The van der Waals surface area contributed by atoms with Crippen LogP contribution in [-0.4, -0.2) is 48.1 Å². The maximum Gasteiger partial charge on any atom is 0.306 e. The van der Waals surface area contributed by atoms with Crippen LogP contribution < -0.4 is 11.1 Å². The van der Waals surface area contributed by atoms with Crippen molar-refractivity contribution in [2.45, 2.75) is 98.3 Å². The summed E-state index contributed by atoms with van der Waals surface area (Å²) in [5.41, 5.74) is 4.54. The van der Waals surface area contributed by atoms with Crippen LogP contribution in [0.5, 0.6) is 0 Å². The smallest absolute Gasteiger partial charge is 0.306 e. The Labute approximate surface area is 164 Å². The van der Waals surface area contributed by atoms with Gasteiger partial charge in [0.05, 0.1) is 6.04 Å². The van der Waals surface area contributed by atoms with Gasteiger partial charge in [0.1, 0.15) is 11.2 Å². The largest absolute Gasteiger partial charge is 0.460 e. The topological polar surface area (TPSA) is 108 Å². The van der Waals surface area contributed by atoms with E-state index in [1.54, 1.807) is 13.8 Å². The number of ketones is 1. The van der Waals surface area contributed by atoms with Gasteiger partial charge in [0, 0.05) is 19.3 Å². The van der Waals surface area contributed by atoms with Crippen LogP contribution >= 0.6 is 0 Å². The van der Waals surface area contributed by atoms with Gasteiger partial charge in [-0.2, -0.15) is 0 Å². The van der Waals surface area contributed by atoms with Gasteiger partial charge in [0.15, 0.2) is 5.78 Å². The van der Waals surface area contributed by atoms with Crippen molar-refractivity contribution in [3.63, 3.8) is 0 Å². The summed E-state index contributed by atoms with van der Waals surface area (Å²) in [5.74, 6) is -0.00579. The van der Waals surface area contributed by atoms with Crippen molar-refractivity contribution in [1.29, 1.82) is 0 Å². The first kappa shape index (κ1) is 27.7. The number of hydrogen-bond donors (Lipinski definition) is 2. The van der Waals surface area contributed by atoms with Crippen LogP contribution in [-0.2, 0) is 23.9 Å². The summed E-state index contributed by atoms with van der Waals surface area (Å²) < 4.78 is 9.90. The lowest BCUT2D eigenvalue weighted by Gasteiger charge is -2.25. The van der Waals surface area contributed by atoms with E-state index < -0.39 is 0 Å². The Kier molecular flexibility index (Phi) is 14.0. The van der Waals surface area contributed by atoms with Crippen molar-refractivity contribution in [3.05, 3.63) is 0 Å². The van der Waals surface area contributed by atoms with Gasteiger partial charge in [-0.25, -0.2) is 0 Å². The average molecular weight is 389 g/mol. The van der Waals surface area contributed by atoms with Crippen LogP contribution in [0.4, 0.5) is 0 Å². The molecule has 27 heavy (non-hydrogen) atoms. The third-order valence-electron chi connectivity index (χ3n) is 3.02. The Balaban J connectivity index is 0. The molecule has 7 heteroatoms. The lowest BCUT2D eigenvalue weighted by molar-refractivity contribution is -0.155. The number of carbonyl (C=O) groups excluding carboxylic acids is 3. The molecule has 1 heterocycles. The van der Waals surface area contributed by atoms with Crippen LogP contribution in [0.3, 0.4) is 0 Å². The fraction of sp³-hybridized carbons (Fsp3) is 0.850. The molecule has 0 aromatic heterocycles. The van der Waals surface area contributed by atoms with Gasteiger partial charge in [-0.05, 0) is 61.1 Å². The second kappa shape index (κ2) is 13.7. The summed E-state index contributed by atoms with van der Waals surface area (Å²) in [6.07, 6.45) is 2.44. The summed E-state index contributed by atoms with van der Waals surface area (Å²) >= 11 is 0. The van der Waals surface area contributed by atoms with Crippen molar-refractivity contribution in [3.8, 4) is 0 Å². The zero-order valence-corrected chi connectivity index (χ0v) is 18.4. The predicted molar refractivity (Wildman–Crippen MR) is 107 cm³/mol. The zero-order valence-electron chi connectivity index (χ0n) is 18.4. The lowest BCUT2D eigenvalue weighted by Crippen LogP contribution is -2.48. The Morgan fingerprint density at radius 1 is 0.926 bits per heavy atom. The maximum atomic E-state index is 10.9. The second-order valence-electron chi connectivity index (χ2n) is 8.18. The molecule has 0 spiro atoms. The molecule has 3 N–H and O–H groups in total. The highest BCUT2D eigenvalue weighted by Crippen LogP contribution is 2.08. The van der Waals surface area contributed by atoms with Crippen LogP contribution in [0.1, 0.15) is 81.1 Å². The maximum absolute atomic E-state index is 10.9. The molecule has 160 valence electrons. The minimum atomic E-state index is -0.326. The zero-order chi connectivity index (χ0) is 21.7. The van der Waals surface area contributed by atoms with E-state index in [-0.39, 0.29) is 35.0 Å². The van der Waals surface area contributed by atoms with E-state index in [4.69, 9.17) is 15.2 Å². The van der Waals surface area contributed by atoms with E-state index in [1.807, 2.05) is 41.5 Å². The summed E-state index contributed by atoms with van der Waals surface area (Å²) in [5, 5.41) is 3.02. The number of ether oxygens (including phenoxy) is 2. The van der Waals surface area contributed by atoms with Gasteiger partial charge < -0.3 is 20.5 Å². The van der Waals surface area contributed by atoms with Crippen molar-refractivity contribution in [1.82, 2.24) is 5.32 Å². The Bertz CT molecular complexity index is 418. The Morgan fingerprint density at radius 3 is 1.44 bits per heavy atom. The molecular formula is C20H40N2O5. The summed E-state index contributed by atoms with van der Waals surface area (Å²) in [4.78, 5) is 32.1. The quantitative estimate of drug-likeness (QED) is 0.697. The number of carbonyl (C=O) groups is 3. The third-order valence-corrected chi connectivity index (χ3v) is 3.02. The minimum absolute atomic E-state index is 0.133. The molecule has 1 aliphatic rings. The van der Waals surface area contributed by atoms with Gasteiger partial charge in [-0.1, -0.05) is 13.8 Å². The molecule has 1 aliphatic heterocycles. The first-order valence-electron chi connectivity index (χ1n) is 9.65. The van der Waals surface area contributed by atoms with Gasteiger partial charge in [-0.3, -0.25) is 14.4 Å². The van der Waals surface area contributed by atoms with Crippen LogP contribution in [0, 0.1) is 0 Å². The molecule has 0 bridgehead atoms. The van der Waals surface area contributed by atoms with Crippen LogP contribution in [0.2, 0.25) is 0 Å². The van der Waals surface area contributed by atoms with Crippen LogP contribution in [0.25, 0.3) is 0 Å². The summed E-state index contributed by atoms with van der Waals surface area (Å²) in [7, 11) is 0. The molecule has 7 nitrogen and oxygen atoms in total. The fourth-order valence-corrected chi connectivity index (χ4v) is 1.71. The number of nitrogens with one attached hydrogen (secondary N) is 1. The number of Topliss-reactive ketones (excluding diaryl/α,β-unsaturated/α-hetero) is 1. The predicted octanol–water partition coefficient (Wildman–Crippen LogP) is 2.74. The SMILES string of the molecule is CCC(=O)OC(C)(C)C.CCC(=O)OC(C)(C)C.NCCC(=O)C1CCN1. The molecule has 0 amide bonds. The third kappa shape index (κ3) is 19.1. The van der Waals surface area contributed by atoms with E-state index in [9.17, 15) is 14.4 Å². The first-order chi connectivity index (χ1) is 12.3. The average Bonchev–Trinajstić information content (AvgIpc) is 2.43. The van der Waals surface area contributed by atoms with E-state index in [1.165, 1.54) is 0 Å². The van der Waals surface area contributed by atoms with Crippen molar-refractivity contribution in [2.24, 2.45) is 5.73 Å². The normalized spacial score (nSPS) is 15.8. The molecule has 1 atom stereocenters. The van der Waals surface area contributed by atoms with E-state index in [0.717, 1.165) is 13.0 Å². The molecule has 1 saturated heterocycles. The highest BCUT2D eigenvalue weighted by Gasteiger charge is 2.22. The Morgan fingerprint density at radius 2 is 1.30 bits per heavy atom. The molecule has 0 aromatic carbocycles. The second-order valence-corrected chi connectivity index (χ2v) is 8.18. The highest BCUT2D eigenvalue weighted by molar-refractivity contribution is 5.84. The van der Waals surface area contributed by atoms with Gasteiger partial charge in [0.2, 0.25) is 0 Å². The molecule has 0 radical (unpaired) electrons. The monoisotopic (exact) mass is 388 g/mol. The minimum Gasteiger partial charge on any atom is -0.460 e. The molecule has 0 saturated carbocycles. The Hall–Kier alpha value is -1.47. The molecule has 1 rings (SSSR count). The number of nitrogens with two attached hydrogens (primary N) is 1. The molecule has 0 aromatic rings. The lowest BCUT2D eigenvalue weighted by atomic mass is 10.0. The fourth-order valence-electron chi connectivity index (χ4n) is 1.71. The summed E-state index contributed by atoms with van der Waals surface area (Å²) in [6.45, 7) is 16.2. The van der Waals surface area contributed by atoms with Gasteiger partial charge >= 0.3 is 11.9 Å². The first-order valence-corrected chi connectivity index (χ1v) is 9.65. The number of rotatable bonds is 5. The van der Waals surface area contributed by atoms with Crippen molar-refractivity contribution >= 4 is 17.7 Å². The van der Waals surface area contributed by atoms with Crippen molar-refractivity contribution in [2.75, 3.05) is 13.1 Å². The standard InChI is InChI=1S/2C7H14O2.C6H12N2O/c2*1-5-6(8)9-7(2,3)4;7-3-1-6(9)5-2-4-8-5/h2*5H2,1-4H3;5,8H,1-4,7H2. The molecule has 1 unspecified atom stereocenters. The number of hydrogen-bond acceptors (Lipinski definition) is 7. The van der Waals surface area contributed by atoms with Crippen molar-refractivity contribution < 1.29 is 23.9 Å².